The minimum absolute atomic E-state index is 0.216. The molecule has 0 bridgehead atoms. The summed E-state index contributed by atoms with van der Waals surface area (Å²) < 4.78 is 67.0. The Hall–Kier alpha value is -8.49. The highest BCUT2D eigenvalue weighted by Gasteiger charge is 2.34. The number of hydrogen-bond donors (Lipinski definition) is 0. The second kappa shape index (κ2) is 14.5. The molecular weight excluding hydrogens is 811 g/mol. The normalized spacial score (nSPS) is 14.5. The Kier molecular flexibility index (Phi) is 7.09. The predicted octanol–water partition coefficient (Wildman–Crippen LogP) is 14.2. The van der Waals surface area contributed by atoms with E-state index in [1.54, 1.807) is 0 Å². The van der Waals surface area contributed by atoms with Crippen LogP contribution in [-0.4, -0.2) is 39.4 Å². The molecule has 8 nitrogen and oxygen atoms in total. The van der Waals surface area contributed by atoms with Crippen LogP contribution in [-0.2, 0) is 14.0 Å². The number of ether oxygens (including phenoxy) is 1. The first-order valence-electron chi connectivity index (χ1n) is 25.0. The maximum atomic E-state index is 9.20. The summed E-state index contributed by atoms with van der Waals surface area (Å²) in [6, 6.07) is 59.5. The summed E-state index contributed by atoms with van der Waals surface area (Å²) in [4.78, 5) is 11.1. The Bertz CT molecular complexity index is 4040. The van der Waals surface area contributed by atoms with Crippen LogP contribution in [0.5, 0.6) is 11.5 Å². The second-order valence-electron chi connectivity index (χ2n) is 17.1. The molecule has 0 saturated heterocycles. The number of aromatic nitrogens is 4. The van der Waals surface area contributed by atoms with Gasteiger partial charge < -0.3 is 28.6 Å². The van der Waals surface area contributed by atoms with Gasteiger partial charge in [0.1, 0.15) is 24.0 Å². The molecule has 0 spiro atoms. The highest BCUT2D eigenvalue weighted by molar-refractivity contribution is 6.33. The molecule has 4 aromatic heterocycles. The molecular formula is C58H45N7O. The first kappa shape index (κ1) is 32.2. The van der Waals surface area contributed by atoms with Crippen molar-refractivity contribution in [3.05, 3.63) is 188 Å². The number of rotatable bonds is 7. The number of pyridine rings is 1. The van der Waals surface area contributed by atoms with Crippen LogP contribution in [0.15, 0.2) is 188 Å². The number of para-hydroxylation sites is 5. The van der Waals surface area contributed by atoms with Crippen molar-refractivity contribution in [1.82, 2.24) is 18.7 Å². The molecule has 0 fully saturated rings. The number of fused-ring (bicyclic) bond motifs is 10. The first-order chi connectivity index (χ1) is 34.8. The van der Waals surface area contributed by atoms with E-state index < -0.39 is 14.0 Å². The molecule has 5 heterocycles. The standard InChI is InChI=1S/C58H45N7O/c1-60(2)38-31-32-59-52(34-38)65-48-26-13-8-21-42(48)43-30-29-41(35-51(43)65)66-40-20-16-19-39(33-40)63-36-64(50-28-15-14-27-49(50)63)58-56-54(44-22-9-11-24-46(44)61(56)3)53(37-17-6-5-7-18-37)55-45-23-10-12-25-47(45)62(4)57(55)58/h5-35H,36H2,1-4H3/i3D3,4D3. The van der Waals surface area contributed by atoms with Gasteiger partial charge in [-0.1, -0.05) is 103 Å². The Labute approximate surface area is 390 Å². The minimum Gasteiger partial charge on any atom is -0.457 e. The van der Waals surface area contributed by atoms with Gasteiger partial charge >= 0.3 is 0 Å². The van der Waals surface area contributed by atoms with Crippen molar-refractivity contribution in [3.8, 4) is 28.4 Å². The summed E-state index contributed by atoms with van der Waals surface area (Å²) in [5.74, 6) is 2.06. The summed E-state index contributed by atoms with van der Waals surface area (Å²) in [6.07, 6.45) is 1.83. The van der Waals surface area contributed by atoms with Crippen LogP contribution in [0.25, 0.3) is 82.4 Å². The van der Waals surface area contributed by atoms with Crippen LogP contribution in [0.2, 0.25) is 0 Å². The quantitative estimate of drug-likeness (QED) is 0.160. The summed E-state index contributed by atoms with van der Waals surface area (Å²) in [6.45, 7) is -5.11. The molecule has 1 aliphatic heterocycles. The number of anilines is 5. The van der Waals surface area contributed by atoms with E-state index in [-0.39, 0.29) is 6.67 Å². The zero-order valence-electron chi connectivity index (χ0n) is 42.1. The molecule has 0 saturated carbocycles. The van der Waals surface area contributed by atoms with Crippen molar-refractivity contribution in [2.24, 2.45) is 14.0 Å². The Morgan fingerprint density at radius 3 is 1.83 bits per heavy atom. The third kappa shape index (κ3) is 5.54. The molecule has 0 amide bonds. The molecule has 0 radical (unpaired) electrons. The van der Waals surface area contributed by atoms with Gasteiger partial charge in [-0.05, 0) is 66.2 Å². The monoisotopic (exact) mass is 861 g/mol. The van der Waals surface area contributed by atoms with Gasteiger partial charge in [-0.3, -0.25) is 4.57 Å². The van der Waals surface area contributed by atoms with Crippen LogP contribution in [0.3, 0.4) is 0 Å². The summed E-state index contributed by atoms with van der Waals surface area (Å²) >= 11 is 0. The number of aryl methyl sites for hydroxylation is 2. The van der Waals surface area contributed by atoms with Gasteiger partial charge in [0.15, 0.2) is 0 Å². The van der Waals surface area contributed by atoms with Crippen LogP contribution < -0.4 is 19.4 Å². The largest absolute Gasteiger partial charge is 0.457 e. The average molecular weight is 862 g/mol. The van der Waals surface area contributed by atoms with E-state index in [1.807, 2.05) is 166 Å². The zero-order chi connectivity index (χ0) is 49.2. The fraction of sp³-hybridized carbons (Fsp3) is 0.0862. The molecule has 0 N–H and O–H groups in total. The lowest BCUT2D eigenvalue weighted by Crippen LogP contribution is -2.25. The fourth-order valence-electron chi connectivity index (χ4n) is 10.4. The lowest BCUT2D eigenvalue weighted by atomic mass is 9.93. The summed E-state index contributed by atoms with van der Waals surface area (Å²) in [5, 5.41) is 5.15. The molecule has 8 aromatic carbocycles. The Balaban J connectivity index is 1.01. The lowest BCUT2D eigenvalue weighted by Gasteiger charge is -2.26. The van der Waals surface area contributed by atoms with Crippen LogP contribution in [0, 0.1) is 0 Å². The van der Waals surface area contributed by atoms with E-state index in [2.05, 4.69) is 55.7 Å². The molecule has 8 heteroatoms. The topological polar surface area (TPSA) is 46.6 Å². The fourth-order valence-corrected chi connectivity index (χ4v) is 10.4. The van der Waals surface area contributed by atoms with Crippen LogP contribution in [0.4, 0.5) is 28.4 Å². The van der Waals surface area contributed by atoms with Gasteiger partial charge in [0.25, 0.3) is 0 Å². The van der Waals surface area contributed by atoms with E-state index in [9.17, 15) is 8.22 Å². The van der Waals surface area contributed by atoms with Gasteiger partial charge in [0.05, 0.1) is 39.1 Å². The SMILES string of the molecule is [2H]C([2H])([2H])n1c2ccccc2c2c(-c3ccccc3)c3c4ccccc4n(C([2H])([2H])[2H])c3c(N3CN(c4cccc(Oc5ccc6c7ccccc7n(-c7cc(N(C)C)ccn7)c6c5)c4)c4ccccc43)c21. The van der Waals surface area contributed by atoms with Gasteiger partial charge in [-0.15, -0.1) is 0 Å². The van der Waals surface area contributed by atoms with Crippen molar-refractivity contribution in [1.29, 1.82) is 0 Å². The number of benzene rings is 8. The third-order valence-electron chi connectivity index (χ3n) is 13.3. The van der Waals surface area contributed by atoms with Crippen molar-refractivity contribution in [2.45, 2.75) is 0 Å². The third-order valence-corrected chi connectivity index (χ3v) is 13.3. The number of hydrogen-bond acceptors (Lipinski definition) is 5. The van der Waals surface area contributed by atoms with Crippen molar-refractivity contribution >= 4 is 93.9 Å². The number of nitrogens with zero attached hydrogens (tertiary/aromatic N) is 7. The lowest BCUT2D eigenvalue weighted by molar-refractivity contribution is 0.483. The average Bonchev–Trinajstić information content (AvgIpc) is 4.13. The molecule has 66 heavy (non-hydrogen) atoms. The maximum Gasteiger partial charge on any atom is 0.139 e. The molecule has 13 rings (SSSR count). The summed E-state index contributed by atoms with van der Waals surface area (Å²) in [7, 11) is 4.04. The van der Waals surface area contributed by atoms with Crippen LogP contribution in [0.1, 0.15) is 8.22 Å². The molecule has 12 aromatic rings. The van der Waals surface area contributed by atoms with Gasteiger partial charge in [0, 0.05) is 121 Å². The van der Waals surface area contributed by atoms with E-state index in [0.29, 0.717) is 39.3 Å². The first-order valence-corrected chi connectivity index (χ1v) is 22.0. The Morgan fingerprint density at radius 1 is 0.530 bits per heavy atom. The second-order valence-corrected chi connectivity index (χ2v) is 17.1. The molecule has 0 unspecified atom stereocenters. The van der Waals surface area contributed by atoms with E-state index >= 15 is 0 Å². The smallest absolute Gasteiger partial charge is 0.139 e. The van der Waals surface area contributed by atoms with Crippen molar-refractivity contribution in [3.63, 3.8) is 0 Å². The highest BCUT2D eigenvalue weighted by atomic mass is 16.5. The molecule has 1 aliphatic rings. The van der Waals surface area contributed by atoms with Gasteiger partial charge in [0.2, 0.25) is 0 Å². The highest BCUT2D eigenvalue weighted by Crippen LogP contribution is 2.54. The van der Waals surface area contributed by atoms with Crippen LogP contribution >= 0.6 is 0 Å². The summed E-state index contributed by atoms with van der Waals surface area (Å²) in [5.41, 5.74) is 9.47. The van der Waals surface area contributed by atoms with E-state index in [0.717, 1.165) is 83.0 Å². The maximum absolute atomic E-state index is 9.20. The van der Waals surface area contributed by atoms with Gasteiger partial charge in [-0.25, -0.2) is 4.98 Å². The van der Waals surface area contributed by atoms with Crippen molar-refractivity contribution < 1.29 is 13.0 Å². The minimum atomic E-state index is -2.66. The van der Waals surface area contributed by atoms with E-state index in [1.165, 1.54) is 9.13 Å². The molecule has 0 aliphatic carbocycles. The Morgan fingerprint density at radius 2 is 1.14 bits per heavy atom. The zero-order valence-corrected chi connectivity index (χ0v) is 36.1. The molecule has 0 atom stereocenters. The van der Waals surface area contributed by atoms with Crippen molar-refractivity contribution in [2.75, 3.05) is 35.5 Å². The van der Waals surface area contributed by atoms with Gasteiger partial charge in [-0.2, -0.15) is 0 Å². The molecule has 318 valence electrons. The van der Waals surface area contributed by atoms with E-state index in [4.69, 9.17) is 9.72 Å². The predicted molar refractivity (Wildman–Crippen MR) is 275 cm³/mol.